The van der Waals surface area contributed by atoms with Crippen LogP contribution in [0.15, 0.2) is 48.5 Å². The molecule has 0 spiro atoms. The summed E-state index contributed by atoms with van der Waals surface area (Å²) in [6, 6.07) is 11.1. The average molecular weight is 352 g/mol. The Morgan fingerprint density at radius 1 is 1.25 bits per heavy atom. The van der Waals surface area contributed by atoms with Gasteiger partial charge in [0.05, 0.1) is 6.61 Å². The van der Waals surface area contributed by atoms with Crippen LogP contribution in [0.5, 0.6) is 0 Å². The lowest BCUT2D eigenvalue weighted by molar-refractivity contribution is -0.160. The van der Waals surface area contributed by atoms with E-state index in [0.29, 0.717) is 12.2 Å². The van der Waals surface area contributed by atoms with Crippen molar-refractivity contribution in [2.24, 2.45) is 0 Å². The number of benzene rings is 2. The van der Waals surface area contributed by atoms with E-state index in [1.165, 1.54) is 42.5 Å². The van der Waals surface area contributed by atoms with Gasteiger partial charge < -0.3 is 20.6 Å². The van der Waals surface area contributed by atoms with Crippen LogP contribution in [0, 0.1) is 5.82 Å². The van der Waals surface area contributed by atoms with Crippen LogP contribution in [-0.4, -0.2) is 31.2 Å². The molecule has 24 heavy (non-hydrogen) atoms. The molecule has 0 aliphatic carbocycles. The topological polar surface area (TPSA) is 101 Å². The Morgan fingerprint density at radius 2 is 1.96 bits per heavy atom. The Bertz CT molecular complexity index is 695. The van der Waals surface area contributed by atoms with Crippen LogP contribution in [0.25, 0.3) is 0 Å². The van der Waals surface area contributed by atoms with E-state index < -0.39 is 19.8 Å². The number of rotatable bonds is 5. The molecule has 2 rings (SSSR count). The molecule has 0 aliphatic rings. The van der Waals surface area contributed by atoms with E-state index in [0.717, 1.165) is 0 Å². The van der Waals surface area contributed by atoms with Crippen LogP contribution in [0.4, 0.5) is 10.1 Å². The number of carbonyl (C=O) groups excluding carboxylic acids is 1. The summed E-state index contributed by atoms with van der Waals surface area (Å²) in [6.45, 7) is 0.927. The standard InChI is InChI=1S/C13H9FNO3P.C3H9NO/c14-10-4-2-5-11(8-10)15-13(16)9-3-1-6-12(7-9)19(17)18;1-4-2-3-5/h1-8H,(H,15,16);4-5H,2-3H2,1H3. The fourth-order valence-electron chi connectivity index (χ4n) is 1.64. The minimum absolute atomic E-state index is 0.0573. The fourth-order valence-corrected chi connectivity index (χ4v) is 2.09. The van der Waals surface area contributed by atoms with Crippen LogP contribution in [0.1, 0.15) is 10.4 Å². The molecule has 1 amide bonds. The van der Waals surface area contributed by atoms with E-state index in [4.69, 9.17) is 5.11 Å². The third-order valence-corrected chi connectivity index (χ3v) is 3.46. The molecule has 0 radical (unpaired) electrons. The summed E-state index contributed by atoms with van der Waals surface area (Å²) < 4.78 is 23.8. The molecule has 0 saturated heterocycles. The van der Waals surface area contributed by atoms with Crippen molar-refractivity contribution in [1.82, 2.24) is 5.32 Å². The van der Waals surface area contributed by atoms with Gasteiger partial charge >= 0.3 is 8.03 Å². The third-order valence-electron chi connectivity index (χ3n) is 2.76. The average Bonchev–Trinajstić information content (AvgIpc) is 2.56. The van der Waals surface area contributed by atoms with E-state index in [-0.39, 0.29) is 17.5 Å². The van der Waals surface area contributed by atoms with Crippen molar-refractivity contribution in [3.63, 3.8) is 0 Å². The van der Waals surface area contributed by atoms with Crippen molar-refractivity contribution in [2.45, 2.75) is 0 Å². The summed E-state index contributed by atoms with van der Waals surface area (Å²) in [5.74, 6) is -0.960. The number of aliphatic hydroxyl groups is 1. The molecule has 1 unspecified atom stereocenters. The van der Waals surface area contributed by atoms with Gasteiger partial charge in [-0.2, -0.15) is 0 Å². The minimum atomic E-state index is -2.74. The van der Waals surface area contributed by atoms with Gasteiger partial charge in [0, 0.05) is 23.9 Å². The number of likely N-dealkylation sites (N-methyl/N-ethyl adjacent to an activating group) is 1. The number of aliphatic hydroxyl groups excluding tert-OH is 1. The SMILES string of the molecule is CNCCO.O=C(Nc1cccc(F)c1)c1cccc([P+](=O)[O-])c1. The number of amides is 1. The molecule has 1 atom stereocenters. The van der Waals surface area contributed by atoms with Gasteiger partial charge in [0.25, 0.3) is 5.91 Å². The Morgan fingerprint density at radius 3 is 2.50 bits per heavy atom. The maximum atomic E-state index is 13.0. The predicted molar refractivity (Wildman–Crippen MR) is 89.0 cm³/mol. The maximum absolute atomic E-state index is 13.0. The van der Waals surface area contributed by atoms with Gasteiger partial charge in [-0.25, -0.2) is 4.39 Å². The van der Waals surface area contributed by atoms with E-state index in [9.17, 15) is 18.6 Å². The van der Waals surface area contributed by atoms with Gasteiger partial charge in [0.1, 0.15) is 5.82 Å². The highest BCUT2D eigenvalue weighted by molar-refractivity contribution is 7.45. The molecule has 128 valence electrons. The summed E-state index contributed by atoms with van der Waals surface area (Å²) in [5, 5.41) is 13.3. The summed E-state index contributed by atoms with van der Waals surface area (Å²) in [5.41, 5.74) is 0.503. The zero-order valence-electron chi connectivity index (χ0n) is 13.0. The molecule has 3 N–H and O–H groups in total. The number of nitrogens with one attached hydrogen (secondary N) is 2. The first-order valence-corrected chi connectivity index (χ1v) is 8.22. The third kappa shape index (κ3) is 6.93. The van der Waals surface area contributed by atoms with Crippen molar-refractivity contribution in [3.05, 3.63) is 59.9 Å². The summed E-state index contributed by atoms with van der Waals surface area (Å²) in [7, 11) is -0.939. The molecule has 0 bridgehead atoms. The minimum Gasteiger partial charge on any atom is -0.591 e. The molecule has 0 fully saturated rings. The number of halogens is 1. The molecule has 0 aliphatic heterocycles. The predicted octanol–water partition coefficient (Wildman–Crippen LogP) is 1.00. The first kappa shape index (κ1) is 19.9. The van der Waals surface area contributed by atoms with Crippen molar-refractivity contribution in [1.29, 1.82) is 0 Å². The molecule has 8 heteroatoms. The lowest BCUT2D eigenvalue weighted by Crippen LogP contribution is -2.14. The smallest absolute Gasteiger partial charge is 0.348 e. The Kier molecular flexibility index (Phi) is 8.75. The second-order valence-corrected chi connectivity index (χ2v) is 5.63. The van der Waals surface area contributed by atoms with E-state index in [1.807, 2.05) is 0 Å². The Hall–Kier alpha value is -2.18. The van der Waals surface area contributed by atoms with Crippen molar-refractivity contribution < 1.29 is 23.7 Å². The Labute approximate surface area is 140 Å². The summed E-state index contributed by atoms with van der Waals surface area (Å²) in [4.78, 5) is 22.7. The fraction of sp³-hybridized carbons (Fsp3) is 0.188. The van der Waals surface area contributed by atoms with Crippen LogP contribution >= 0.6 is 8.03 Å². The van der Waals surface area contributed by atoms with Gasteiger partial charge in [-0.15, -0.1) is 0 Å². The molecule has 2 aromatic carbocycles. The molecule has 2 aromatic rings. The molecule has 6 nitrogen and oxygen atoms in total. The van der Waals surface area contributed by atoms with E-state index in [1.54, 1.807) is 13.1 Å². The van der Waals surface area contributed by atoms with Crippen LogP contribution < -0.4 is 20.8 Å². The number of hydrogen-bond acceptors (Lipinski definition) is 5. The van der Waals surface area contributed by atoms with Crippen molar-refractivity contribution in [3.8, 4) is 0 Å². The molecule has 0 aromatic heterocycles. The van der Waals surface area contributed by atoms with Crippen LogP contribution in [-0.2, 0) is 4.57 Å². The van der Waals surface area contributed by atoms with Crippen LogP contribution in [0.2, 0.25) is 0 Å². The molecule has 0 saturated carbocycles. The first-order valence-electron chi connectivity index (χ1n) is 7.04. The summed E-state index contributed by atoms with van der Waals surface area (Å²) >= 11 is 0. The quantitative estimate of drug-likeness (QED) is 0.697. The molecular formula is C16H18FN2O4P. The second kappa shape index (κ2) is 10.6. The van der Waals surface area contributed by atoms with Crippen LogP contribution in [0.3, 0.4) is 0 Å². The highest BCUT2D eigenvalue weighted by Crippen LogP contribution is 2.13. The number of carbonyl (C=O) groups is 1. The van der Waals surface area contributed by atoms with Gasteiger partial charge in [-0.3, -0.25) is 4.79 Å². The van der Waals surface area contributed by atoms with Crippen molar-refractivity contribution >= 4 is 24.9 Å². The normalized spacial score (nSPS) is 10.4. The van der Waals surface area contributed by atoms with Gasteiger partial charge in [-0.05, 0) is 37.4 Å². The highest BCUT2D eigenvalue weighted by atomic mass is 31.1. The number of anilines is 1. The first-order chi connectivity index (χ1) is 11.5. The second-order valence-electron chi connectivity index (χ2n) is 4.60. The lowest BCUT2D eigenvalue weighted by atomic mass is 10.2. The number of hydrogen-bond donors (Lipinski definition) is 3. The molecule has 0 heterocycles. The summed E-state index contributed by atoms with van der Waals surface area (Å²) in [6.07, 6.45) is 0. The molecular weight excluding hydrogens is 334 g/mol. The zero-order chi connectivity index (χ0) is 17.9. The van der Waals surface area contributed by atoms with Gasteiger partial charge in [0.2, 0.25) is 0 Å². The zero-order valence-corrected chi connectivity index (χ0v) is 13.9. The largest absolute Gasteiger partial charge is 0.591 e. The highest BCUT2D eigenvalue weighted by Gasteiger charge is 2.12. The van der Waals surface area contributed by atoms with Gasteiger partial charge in [-0.1, -0.05) is 16.7 Å². The van der Waals surface area contributed by atoms with Crippen molar-refractivity contribution in [2.75, 3.05) is 25.5 Å². The monoisotopic (exact) mass is 352 g/mol. The van der Waals surface area contributed by atoms with E-state index >= 15 is 0 Å². The maximum Gasteiger partial charge on any atom is 0.348 e. The lowest BCUT2D eigenvalue weighted by Gasteiger charge is -2.05. The van der Waals surface area contributed by atoms with E-state index in [2.05, 4.69) is 10.6 Å². The van der Waals surface area contributed by atoms with Gasteiger partial charge in [0.15, 0.2) is 5.30 Å². The Balaban J connectivity index is 0.000000505.